The van der Waals surface area contributed by atoms with Crippen molar-refractivity contribution in [3.05, 3.63) is 41.8 Å². The van der Waals surface area contributed by atoms with Gasteiger partial charge >= 0.3 is 0 Å². The van der Waals surface area contributed by atoms with Gasteiger partial charge in [0.2, 0.25) is 0 Å². The molecule has 23 heavy (non-hydrogen) atoms. The van der Waals surface area contributed by atoms with E-state index in [9.17, 15) is 4.39 Å². The van der Waals surface area contributed by atoms with Gasteiger partial charge in [-0.3, -0.25) is 4.98 Å². The molecule has 2 saturated carbocycles. The zero-order valence-corrected chi connectivity index (χ0v) is 13.5. The highest BCUT2D eigenvalue weighted by Gasteiger charge is 2.32. The van der Waals surface area contributed by atoms with Crippen molar-refractivity contribution in [2.24, 2.45) is 17.6 Å². The summed E-state index contributed by atoms with van der Waals surface area (Å²) in [7, 11) is 0. The number of nitrogens with zero attached hydrogens (tertiary/aromatic N) is 1. The van der Waals surface area contributed by atoms with Gasteiger partial charge in [0.15, 0.2) is 0 Å². The van der Waals surface area contributed by atoms with Crippen LogP contribution in [-0.2, 0) is 0 Å². The van der Waals surface area contributed by atoms with Crippen LogP contribution in [0.2, 0.25) is 0 Å². The summed E-state index contributed by atoms with van der Waals surface area (Å²) in [5.74, 6) is 1.96. The fourth-order valence-corrected chi connectivity index (χ4v) is 4.31. The van der Waals surface area contributed by atoms with Crippen molar-refractivity contribution in [2.75, 3.05) is 0 Å². The van der Waals surface area contributed by atoms with E-state index in [-0.39, 0.29) is 5.82 Å². The molecule has 1 unspecified atom stereocenters. The first-order valence-corrected chi connectivity index (χ1v) is 9.00. The number of benzene rings is 1. The molecular weight excluding hydrogens is 287 g/mol. The first-order valence-electron chi connectivity index (χ1n) is 9.00. The van der Waals surface area contributed by atoms with Gasteiger partial charge in [0.1, 0.15) is 5.82 Å². The van der Waals surface area contributed by atoms with E-state index in [0.29, 0.717) is 12.0 Å². The second-order valence-corrected chi connectivity index (χ2v) is 7.52. The molecule has 0 aliphatic heterocycles. The van der Waals surface area contributed by atoms with Gasteiger partial charge in [0.05, 0.1) is 5.52 Å². The number of aromatic nitrogens is 1. The highest BCUT2D eigenvalue weighted by atomic mass is 19.1. The van der Waals surface area contributed by atoms with Crippen LogP contribution in [0.3, 0.4) is 0 Å². The molecule has 2 aromatic rings. The minimum atomic E-state index is -0.171. The van der Waals surface area contributed by atoms with Crippen LogP contribution >= 0.6 is 0 Å². The number of hydrogen-bond donors (Lipinski definition) is 1. The molecule has 1 atom stereocenters. The number of fused-ring (bicyclic) bond motifs is 1. The van der Waals surface area contributed by atoms with E-state index in [4.69, 9.17) is 5.73 Å². The second kappa shape index (κ2) is 6.20. The maximum absolute atomic E-state index is 13.6. The first kappa shape index (κ1) is 15.1. The number of halogens is 1. The van der Waals surface area contributed by atoms with E-state index >= 15 is 0 Å². The predicted octanol–water partition coefficient (Wildman–Crippen LogP) is 4.78. The van der Waals surface area contributed by atoms with Crippen LogP contribution in [-0.4, -0.2) is 11.0 Å². The predicted molar refractivity (Wildman–Crippen MR) is 91.7 cm³/mol. The Bertz CT molecular complexity index is 687. The average Bonchev–Trinajstić information content (AvgIpc) is 3.40. The number of hydrogen-bond acceptors (Lipinski definition) is 2. The quantitative estimate of drug-likeness (QED) is 0.882. The highest BCUT2D eigenvalue weighted by molar-refractivity contribution is 5.82. The third-order valence-corrected chi connectivity index (χ3v) is 5.86. The summed E-state index contributed by atoms with van der Waals surface area (Å²) in [4.78, 5) is 4.38. The van der Waals surface area contributed by atoms with Crippen molar-refractivity contribution in [3.8, 4) is 0 Å². The average molecular weight is 312 g/mol. The normalized spacial score (nSPS) is 26.3. The van der Waals surface area contributed by atoms with E-state index in [1.165, 1.54) is 56.6 Å². The summed E-state index contributed by atoms with van der Waals surface area (Å²) in [6.07, 6.45) is 10.6. The lowest BCUT2D eigenvalue weighted by atomic mass is 9.75. The summed E-state index contributed by atoms with van der Waals surface area (Å²) in [6, 6.07) is 7.44. The monoisotopic (exact) mass is 312 g/mol. The molecular formula is C20H25FN2. The summed E-state index contributed by atoms with van der Waals surface area (Å²) < 4.78 is 13.6. The Morgan fingerprint density at radius 2 is 1.87 bits per heavy atom. The van der Waals surface area contributed by atoms with Crippen LogP contribution in [0.5, 0.6) is 0 Å². The third kappa shape index (κ3) is 3.25. The molecule has 1 heterocycles. The molecule has 0 spiro atoms. The van der Waals surface area contributed by atoms with Crippen LogP contribution < -0.4 is 5.73 Å². The van der Waals surface area contributed by atoms with Gasteiger partial charge in [0.25, 0.3) is 0 Å². The Morgan fingerprint density at radius 1 is 1.09 bits per heavy atom. The fourth-order valence-electron chi connectivity index (χ4n) is 4.31. The molecule has 2 fully saturated rings. The minimum Gasteiger partial charge on any atom is -0.327 e. The molecule has 4 rings (SSSR count). The number of pyridine rings is 1. The van der Waals surface area contributed by atoms with Gasteiger partial charge in [-0.15, -0.1) is 0 Å². The first-order chi connectivity index (χ1) is 11.2. The van der Waals surface area contributed by atoms with Crippen LogP contribution in [0.4, 0.5) is 4.39 Å². The lowest BCUT2D eigenvalue weighted by molar-refractivity contribution is 0.286. The molecule has 2 aliphatic rings. The largest absolute Gasteiger partial charge is 0.327 e. The van der Waals surface area contributed by atoms with Crippen molar-refractivity contribution in [1.29, 1.82) is 0 Å². The van der Waals surface area contributed by atoms with Gasteiger partial charge in [-0.05, 0) is 92.5 Å². The molecule has 3 heteroatoms. The topological polar surface area (TPSA) is 38.9 Å². The van der Waals surface area contributed by atoms with Gasteiger partial charge in [0, 0.05) is 17.6 Å². The third-order valence-electron chi connectivity index (χ3n) is 5.86. The van der Waals surface area contributed by atoms with Crippen molar-refractivity contribution >= 4 is 10.9 Å². The van der Waals surface area contributed by atoms with Gasteiger partial charge in [-0.2, -0.15) is 0 Å². The van der Waals surface area contributed by atoms with Crippen molar-refractivity contribution in [2.45, 2.75) is 56.9 Å². The highest BCUT2D eigenvalue weighted by Crippen LogP contribution is 2.41. The Morgan fingerprint density at radius 3 is 2.61 bits per heavy atom. The molecule has 1 aromatic carbocycles. The Labute approximate surface area is 137 Å². The second-order valence-electron chi connectivity index (χ2n) is 7.52. The van der Waals surface area contributed by atoms with Gasteiger partial charge < -0.3 is 5.73 Å². The number of nitrogens with two attached hydrogens (primary N) is 1. The van der Waals surface area contributed by atoms with Crippen LogP contribution in [0.1, 0.15) is 56.4 Å². The van der Waals surface area contributed by atoms with E-state index in [0.717, 1.165) is 22.7 Å². The van der Waals surface area contributed by atoms with Crippen molar-refractivity contribution in [3.63, 3.8) is 0 Å². The SMILES string of the molecule is NC(CC1CCC(c2ccnc3ccc(F)cc23)CC1)C1CC1. The minimum absolute atomic E-state index is 0.171. The Kier molecular flexibility index (Phi) is 4.06. The molecule has 1 aromatic heterocycles. The standard InChI is InChI=1S/C20H25FN2/c21-16-7-8-20-18(12-16)17(9-10-23-20)14-3-1-13(2-4-14)11-19(22)15-5-6-15/h7-10,12-15,19H,1-6,11,22H2. The zero-order chi connectivity index (χ0) is 15.8. The van der Waals surface area contributed by atoms with Crippen molar-refractivity contribution in [1.82, 2.24) is 4.98 Å². The lowest BCUT2D eigenvalue weighted by Crippen LogP contribution is -2.27. The van der Waals surface area contributed by atoms with E-state index in [1.54, 1.807) is 12.1 Å². The zero-order valence-electron chi connectivity index (χ0n) is 13.5. The van der Waals surface area contributed by atoms with Crippen LogP contribution in [0.25, 0.3) is 10.9 Å². The van der Waals surface area contributed by atoms with E-state index in [1.807, 2.05) is 6.20 Å². The maximum Gasteiger partial charge on any atom is 0.123 e. The van der Waals surface area contributed by atoms with E-state index < -0.39 is 0 Å². The molecule has 0 bridgehead atoms. The molecule has 0 saturated heterocycles. The molecule has 2 N–H and O–H groups in total. The molecule has 122 valence electrons. The van der Waals surface area contributed by atoms with Gasteiger partial charge in [-0.1, -0.05) is 0 Å². The molecule has 2 nitrogen and oxygen atoms in total. The Balaban J connectivity index is 1.46. The van der Waals surface area contributed by atoms with Crippen molar-refractivity contribution < 1.29 is 4.39 Å². The maximum atomic E-state index is 13.6. The fraction of sp³-hybridized carbons (Fsp3) is 0.550. The Hall–Kier alpha value is -1.48. The summed E-state index contributed by atoms with van der Waals surface area (Å²) in [5.41, 5.74) is 8.48. The van der Waals surface area contributed by atoms with E-state index in [2.05, 4.69) is 11.1 Å². The van der Waals surface area contributed by atoms with Crippen LogP contribution in [0.15, 0.2) is 30.5 Å². The summed E-state index contributed by atoms with van der Waals surface area (Å²) >= 11 is 0. The number of rotatable bonds is 4. The lowest BCUT2D eigenvalue weighted by Gasteiger charge is -2.31. The van der Waals surface area contributed by atoms with Crippen LogP contribution in [0, 0.1) is 17.7 Å². The molecule has 2 aliphatic carbocycles. The van der Waals surface area contributed by atoms with Gasteiger partial charge in [-0.25, -0.2) is 4.39 Å². The molecule has 0 amide bonds. The summed E-state index contributed by atoms with van der Waals surface area (Å²) in [5, 5.41) is 0.991. The molecule has 0 radical (unpaired) electrons. The smallest absolute Gasteiger partial charge is 0.123 e. The summed E-state index contributed by atoms with van der Waals surface area (Å²) in [6.45, 7) is 0.